The van der Waals surface area contributed by atoms with Gasteiger partial charge in [0.2, 0.25) is 0 Å². The van der Waals surface area contributed by atoms with Gasteiger partial charge in [-0.2, -0.15) is 0 Å². The molecule has 0 aromatic heterocycles. The summed E-state index contributed by atoms with van der Waals surface area (Å²) in [5, 5.41) is 3.04. The molecule has 1 aliphatic rings. The van der Waals surface area contributed by atoms with Crippen molar-refractivity contribution in [1.82, 2.24) is 4.90 Å². The van der Waals surface area contributed by atoms with Crippen LogP contribution in [-0.4, -0.2) is 22.0 Å². The first-order valence-electron chi connectivity index (χ1n) is 9.39. The maximum Gasteiger partial charge on any atom is 0.266 e. The van der Waals surface area contributed by atoms with E-state index < -0.39 is 0 Å². The highest BCUT2D eigenvalue weighted by Gasteiger charge is 2.35. The van der Waals surface area contributed by atoms with Gasteiger partial charge in [0, 0.05) is 6.04 Å². The third kappa shape index (κ3) is 3.60. The van der Waals surface area contributed by atoms with Gasteiger partial charge >= 0.3 is 0 Å². The minimum atomic E-state index is 0.0128. The van der Waals surface area contributed by atoms with E-state index in [4.69, 9.17) is 4.99 Å². The molecule has 140 valence electrons. The number of carbonyl (C=O) groups excluding carboxylic acids is 1. The normalized spacial score (nSPS) is 17.4. The number of benzene rings is 3. The van der Waals surface area contributed by atoms with Crippen LogP contribution < -0.4 is 0 Å². The van der Waals surface area contributed by atoms with Crippen LogP contribution in [0.3, 0.4) is 0 Å². The van der Waals surface area contributed by atoms with E-state index in [-0.39, 0.29) is 11.9 Å². The average Bonchev–Trinajstić information content (AvgIpc) is 2.99. The van der Waals surface area contributed by atoms with Gasteiger partial charge in [0.15, 0.2) is 5.17 Å². The molecule has 0 N–H and O–H groups in total. The highest BCUT2D eigenvalue weighted by atomic mass is 32.2. The van der Waals surface area contributed by atoms with Gasteiger partial charge < -0.3 is 0 Å². The summed E-state index contributed by atoms with van der Waals surface area (Å²) < 4.78 is 0. The Morgan fingerprint density at radius 2 is 1.68 bits per heavy atom. The fraction of sp³-hybridized carbons (Fsp3) is 0.167. The lowest BCUT2D eigenvalue weighted by Gasteiger charge is -2.19. The van der Waals surface area contributed by atoms with Crippen molar-refractivity contribution in [2.75, 3.05) is 0 Å². The zero-order valence-corrected chi connectivity index (χ0v) is 17.0. The fourth-order valence-electron chi connectivity index (χ4n) is 3.27. The predicted molar refractivity (Wildman–Crippen MR) is 120 cm³/mol. The molecule has 0 spiro atoms. The lowest BCUT2D eigenvalue weighted by atomic mass is 10.0. The van der Waals surface area contributed by atoms with Crippen LogP contribution in [-0.2, 0) is 4.79 Å². The Labute approximate surface area is 169 Å². The first-order valence-corrected chi connectivity index (χ1v) is 10.2. The van der Waals surface area contributed by atoms with Crippen molar-refractivity contribution < 1.29 is 4.79 Å². The number of aliphatic imine (C=N–C) groups is 1. The Morgan fingerprint density at radius 1 is 0.964 bits per heavy atom. The van der Waals surface area contributed by atoms with E-state index in [1.54, 1.807) is 4.90 Å². The van der Waals surface area contributed by atoms with E-state index in [1.807, 2.05) is 62.4 Å². The van der Waals surface area contributed by atoms with Gasteiger partial charge in [-0.25, -0.2) is 4.99 Å². The number of fused-ring (bicyclic) bond motifs is 1. The number of carbonyl (C=O) groups is 1. The van der Waals surface area contributed by atoms with Crippen LogP contribution in [0.1, 0.15) is 25.0 Å². The van der Waals surface area contributed by atoms with Crippen molar-refractivity contribution in [3.63, 3.8) is 0 Å². The summed E-state index contributed by atoms with van der Waals surface area (Å²) >= 11 is 1.45. The number of hydrogen-bond donors (Lipinski definition) is 0. The second-order valence-corrected chi connectivity index (χ2v) is 8.19. The quantitative estimate of drug-likeness (QED) is 0.505. The molecule has 0 bridgehead atoms. The summed E-state index contributed by atoms with van der Waals surface area (Å²) in [5.74, 6) is 0.0128. The van der Waals surface area contributed by atoms with Gasteiger partial charge in [0.25, 0.3) is 5.91 Å². The molecule has 0 atom stereocenters. The first kappa shape index (κ1) is 18.5. The zero-order chi connectivity index (χ0) is 19.7. The predicted octanol–water partition coefficient (Wildman–Crippen LogP) is 6.16. The molecule has 1 amide bonds. The van der Waals surface area contributed by atoms with Crippen LogP contribution in [0.5, 0.6) is 0 Å². The molecular weight excluding hydrogens is 364 g/mol. The fourth-order valence-corrected chi connectivity index (χ4v) is 4.38. The summed E-state index contributed by atoms with van der Waals surface area (Å²) in [5.41, 5.74) is 3.10. The van der Waals surface area contributed by atoms with E-state index >= 15 is 0 Å². The van der Waals surface area contributed by atoms with Crippen LogP contribution in [0.2, 0.25) is 0 Å². The van der Waals surface area contributed by atoms with Gasteiger partial charge in [-0.15, -0.1) is 0 Å². The molecule has 1 fully saturated rings. The van der Waals surface area contributed by atoms with Crippen molar-refractivity contribution in [2.24, 2.45) is 4.99 Å². The largest absolute Gasteiger partial charge is 0.284 e. The summed E-state index contributed by atoms with van der Waals surface area (Å²) in [4.78, 5) is 20.3. The highest BCUT2D eigenvalue weighted by Crippen LogP contribution is 2.36. The molecule has 1 heterocycles. The van der Waals surface area contributed by atoms with Crippen LogP contribution in [0.15, 0.2) is 76.6 Å². The van der Waals surface area contributed by atoms with E-state index in [9.17, 15) is 4.79 Å². The molecule has 3 nitrogen and oxygen atoms in total. The van der Waals surface area contributed by atoms with E-state index in [0.29, 0.717) is 4.91 Å². The van der Waals surface area contributed by atoms with Crippen LogP contribution in [0, 0.1) is 6.92 Å². The van der Waals surface area contributed by atoms with Crippen molar-refractivity contribution in [3.05, 3.63) is 82.8 Å². The Morgan fingerprint density at radius 3 is 2.43 bits per heavy atom. The number of rotatable bonds is 3. The van der Waals surface area contributed by atoms with Crippen LogP contribution in [0.25, 0.3) is 16.8 Å². The van der Waals surface area contributed by atoms with Crippen molar-refractivity contribution in [2.45, 2.75) is 26.8 Å². The molecule has 3 aromatic carbocycles. The summed E-state index contributed by atoms with van der Waals surface area (Å²) in [6.45, 7) is 6.09. The smallest absolute Gasteiger partial charge is 0.266 e. The molecule has 28 heavy (non-hydrogen) atoms. The van der Waals surface area contributed by atoms with Gasteiger partial charge in [-0.3, -0.25) is 9.69 Å². The molecule has 1 aliphatic heterocycles. The number of amides is 1. The number of hydrogen-bond acceptors (Lipinski definition) is 3. The highest BCUT2D eigenvalue weighted by molar-refractivity contribution is 8.18. The molecule has 3 aromatic rings. The molecule has 4 rings (SSSR count). The molecule has 0 radical (unpaired) electrons. The molecule has 0 aliphatic carbocycles. The lowest BCUT2D eigenvalue weighted by Crippen LogP contribution is -2.35. The summed E-state index contributed by atoms with van der Waals surface area (Å²) in [6, 6.07) is 22.5. The molecular formula is C24H22N2OS. The SMILES string of the molecule is Cc1ccc(N=C2S/C(=C/c3cccc4ccccc34)C(=O)N2C(C)C)cc1. The van der Waals surface area contributed by atoms with E-state index in [1.165, 1.54) is 22.7 Å². The Hall–Kier alpha value is -2.85. The third-order valence-corrected chi connectivity index (χ3v) is 5.70. The van der Waals surface area contributed by atoms with Crippen molar-refractivity contribution >= 4 is 45.4 Å². The van der Waals surface area contributed by atoms with E-state index in [2.05, 4.69) is 31.2 Å². The standard InChI is InChI=1S/C24H22N2OS/c1-16(2)26-23(27)22(28-24(26)25-20-13-11-17(3)12-14-20)15-19-9-6-8-18-7-4-5-10-21(18)19/h4-16H,1-3H3/b22-15+,25-24?. The number of aryl methyl sites for hydroxylation is 1. The molecule has 0 saturated carbocycles. The summed E-state index contributed by atoms with van der Waals surface area (Å²) in [6.07, 6.45) is 1.99. The second kappa shape index (κ2) is 7.64. The van der Waals surface area contributed by atoms with Crippen molar-refractivity contribution in [1.29, 1.82) is 0 Å². The van der Waals surface area contributed by atoms with Gasteiger partial charge in [0.1, 0.15) is 0 Å². The number of nitrogens with zero attached hydrogens (tertiary/aromatic N) is 2. The minimum Gasteiger partial charge on any atom is -0.284 e. The number of thioether (sulfide) groups is 1. The number of amidine groups is 1. The molecule has 0 unspecified atom stereocenters. The monoisotopic (exact) mass is 386 g/mol. The van der Waals surface area contributed by atoms with Gasteiger partial charge in [-0.1, -0.05) is 60.2 Å². The van der Waals surface area contributed by atoms with Crippen LogP contribution >= 0.6 is 11.8 Å². The molecule has 1 saturated heterocycles. The topological polar surface area (TPSA) is 32.7 Å². The maximum atomic E-state index is 13.1. The van der Waals surface area contributed by atoms with E-state index in [0.717, 1.165) is 21.8 Å². The summed E-state index contributed by atoms with van der Waals surface area (Å²) in [7, 11) is 0. The minimum absolute atomic E-state index is 0.0128. The Kier molecular flexibility index (Phi) is 5.05. The van der Waals surface area contributed by atoms with Crippen molar-refractivity contribution in [3.8, 4) is 0 Å². The van der Waals surface area contributed by atoms with Gasteiger partial charge in [-0.05, 0) is 67.1 Å². The maximum absolute atomic E-state index is 13.1. The third-order valence-electron chi connectivity index (χ3n) is 4.72. The zero-order valence-electron chi connectivity index (χ0n) is 16.2. The second-order valence-electron chi connectivity index (χ2n) is 7.18. The molecule has 4 heteroatoms. The van der Waals surface area contributed by atoms with Gasteiger partial charge in [0.05, 0.1) is 10.6 Å². The van der Waals surface area contributed by atoms with Crippen LogP contribution in [0.4, 0.5) is 5.69 Å². The Balaban J connectivity index is 1.75. The average molecular weight is 387 g/mol. The first-order chi connectivity index (χ1) is 13.5. The lowest BCUT2D eigenvalue weighted by molar-refractivity contribution is -0.123. The Bertz CT molecular complexity index is 1090.